The van der Waals surface area contributed by atoms with Gasteiger partial charge in [-0.1, -0.05) is 26.0 Å². The van der Waals surface area contributed by atoms with Crippen molar-refractivity contribution in [1.82, 2.24) is 4.90 Å². The van der Waals surface area contributed by atoms with E-state index < -0.39 is 0 Å². The third kappa shape index (κ3) is 3.95. The molecular weight excluding hydrogens is 236 g/mol. The van der Waals surface area contributed by atoms with Gasteiger partial charge in [-0.25, -0.2) is 0 Å². The van der Waals surface area contributed by atoms with Gasteiger partial charge < -0.3 is 10.5 Å². The lowest BCUT2D eigenvalue weighted by molar-refractivity contribution is 0.154. The minimum absolute atomic E-state index is 0.0245. The standard InChI is InChI=1S/C16H28N2O/c1-6-14(7-2)18(4)12(3)16(17)13-8-10-15(19-5)11-9-13/h8-12,14,16H,6-7,17H2,1-5H3. The fraction of sp³-hybridized carbons (Fsp3) is 0.625. The van der Waals surface area contributed by atoms with Crippen molar-refractivity contribution in [2.45, 2.75) is 51.7 Å². The molecule has 0 aromatic heterocycles. The summed E-state index contributed by atoms with van der Waals surface area (Å²) in [6.45, 7) is 6.67. The second kappa shape index (κ2) is 7.51. The minimum Gasteiger partial charge on any atom is -0.497 e. The van der Waals surface area contributed by atoms with Gasteiger partial charge in [-0.2, -0.15) is 0 Å². The summed E-state index contributed by atoms with van der Waals surface area (Å²) in [5.74, 6) is 0.872. The molecule has 2 N–H and O–H groups in total. The van der Waals surface area contributed by atoms with E-state index >= 15 is 0 Å². The Balaban J connectivity index is 2.77. The number of benzene rings is 1. The highest BCUT2D eigenvalue weighted by molar-refractivity contribution is 5.29. The van der Waals surface area contributed by atoms with E-state index in [9.17, 15) is 0 Å². The predicted octanol–water partition coefficient (Wildman–Crippen LogP) is 3.20. The molecule has 1 aromatic rings. The Labute approximate surface area is 117 Å². The molecule has 0 aliphatic rings. The first-order valence-electron chi connectivity index (χ1n) is 7.16. The molecular formula is C16H28N2O. The van der Waals surface area contributed by atoms with Crippen LogP contribution < -0.4 is 10.5 Å². The Morgan fingerprint density at radius 1 is 1.16 bits per heavy atom. The summed E-state index contributed by atoms with van der Waals surface area (Å²) in [4.78, 5) is 2.40. The van der Waals surface area contributed by atoms with Crippen LogP contribution in [0.15, 0.2) is 24.3 Å². The van der Waals surface area contributed by atoms with Crippen molar-refractivity contribution >= 4 is 0 Å². The Hall–Kier alpha value is -1.06. The SMILES string of the molecule is CCC(CC)N(C)C(C)C(N)c1ccc(OC)cc1. The van der Waals surface area contributed by atoms with Crippen molar-refractivity contribution in [3.05, 3.63) is 29.8 Å². The molecule has 1 rings (SSSR count). The number of nitrogens with zero attached hydrogens (tertiary/aromatic N) is 1. The van der Waals surface area contributed by atoms with Crippen LogP contribution in [0.3, 0.4) is 0 Å². The number of nitrogens with two attached hydrogens (primary N) is 1. The smallest absolute Gasteiger partial charge is 0.118 e. The van der Waals surface area contributed by atoms with Crippen molar-refractivity contribution in [2.75, 3.05) is 14.2 Å². The monoisotopic (exact) mass is 264 g/mol. The second-order valence-corrected chi connectivity index (χ2v) is 5.18. The molecule has 3 heteroatoms. The van der Waals surface area contributed by atoms with E-state index in [0.717, 1.165) is 24.2 Å². The van der Waals surface area contributed by atoms with E-state index in [1.54, 1.807) is 7.11 Å². The molecule has 0 fully saturated rings. The molecule has 0 saturated carbocycles. The van der Waals surface area contributed by atoms with Gasteiger partial charge in [0.05, 0.1) is 7.11 Å². The molecule has 0 aliphatic heterocycles. The van der Waals surface area contributed by atoms with Crippen LogP contribution >= 0.6 is 0 Å². The van der Waals surface area contributed by atoms with Crippen molar-refractivity contribution < 1.29 is 4.74 Å². The first-order valence-corrected chi connectivity index (χ1v) is 7.16. The van der Waals surface area contributed by atoms with Gasteiger partial charge in [-0.3, -0.25) is 4.90 Å². The first kappa shape index (κ1) is 16.0. The van der Waals surface area contributed by atoms with Crippen LogP contribution in [0, 0.1) is 0 Å². The molecule has 0 bridgehead atoms. The molecule has 0 saturated heterocycles. The van der Waals surface area contributed by atoms with Gasteiger partial charge in [0.25, 0.3) is 0 Å². The van der Waals surface area contributed by atoms with Crippen LogP contribution in [0.4, 0.5) is 0 Å². The molecule has 0 radical (unpaired) electrons. The third-order valence-electron chi connectivity index (χ3n) is 4.18. The van der Waals surface area contributed by atoms with E-state index in [-0.39, 0.29) is 6.04 Å². The molecule has 0 aliphatic carbocycles. The lowest BCUT2D eigenvalue weighted by Crippen LogP contribution is -2.43. The largest absolute Gasteiger partial charge is 0.497 e. The summed E-state index contributed by atoms with van der Waals surface area (Å²) in [6.07, 6.45) is 2.32. The minimum atomic E-state index is 0.0245. The summed E-state index contributed by atoms with van der Waals surface area (Å²) in [5, 5.41) is 0. The molecule has 2 unspecified atom stereocenters. The second-order valence-electron chi connectivity index (χ2n) is 5.18. The average Bonchev–Trinajstić information content (AvgIpc) is 2.47. The summed E-state index contributed by atoms with van der Waals surface area (Å²) < 4.78 is 5.18. The van der Waals surface area contributed by atoms with Gasteiger partial charge in [-0.15, -0.1) is 0 Å². The van der Waals surface area contributed by atoms with Gasteiger partial charge in [-0.05, 0) is 44.5 Å². The highest BCUT2D eigenvalue weighted by Crippen LogP contribution is 2.23. The zero-order chi connectivity index (χ0) is 14.4. The predicted molar refractivity (Wildman–Crippen MR) is 81.5 cm³/mol. The van der Waals surface area contributed by atoms with E-state index in [1.165, 1.54) is 0 Å². The maximum Gasteiger partial charge on any atom is 0.118 e. The van der Waals surface area contributed by atoms with Crippen molar-refractivity contribution in [2.24, 2.45) is 5.73 Å². The Morgan fingerprint density at radius 2 is 1.68 bits per heavy atom. The Kier molecular flexibility index (Phi) is 6.32. The van der Waals surface area contributed by atoms with Gasteiger partial charge in [0.2, 0.25) is 0 Å². The molecule has 1 aromatic carbocycles. The van der Waals surface area contributed by atoms with Crippen LogP contribution in [0.2, 0.25) is 0 Å². The fourth-order valence-electron chi connectivity index (χ4n) is 2.56. The number of hydrogen-bond acceptors (Lipinski definition) is 3. The van der Waals surface area contributed by atoms with Gasteiger partial charge in [0.15, 0.2) is 0 Å². The highest BCUT2D eigenvalue weighted by Gasteiger charge is 2.23. The van der Waals surface area contributed by atoms with E-state index in [0.29, 0.717) is 12.1 Å². The first-order chi connectivity index (χ1) is 9.04. The average molecular weight is 264 g/mol. The quantitative estimate of drug-likeness (QED) is 0.822. The highest BCUT2D eigenvalue weighted by atomic mass is 16.5. The van der Waals surface area contributed by atoms with Crippen LogP contribution in [0.25, 0.3) is 0 Å². The van der Waals surface area contributed by atoms with Crippen LogP contribution in [-0.4, -0.2) is 31.1 Å². The van der Waals surface area contributed by atoms with Crippen molar-refractivity contribution in [3.63, 3.8) is 0 Å². The number of rotatable bonds is 7. The van der Waals surface area contributed by atoms with Gasteiger partial charge in [0, 0.05) is 18.1 Å². The zero-order valence-corrected chi connectivity index (χ0v) is 12.9. The summed E-state index contributed by atoms with van der Waals surface area (Å²) in [5.41, 5.74) is 7.55. The lowest BCUT2D eigenvalue weighted by Gasteiger charge is -2.35. The van der Waals surface area contributed by atoms with E-state index in [4.69, 9.17) is 10.5 Å². The normalized spacial score (nSPS) is 14.7. The number of methoxy groups -OCH3 is 1. The molecule has 0 spiro atoms. The molecule has 0 heterocycles. The summed E-state index contributed by atoms with van der Waals surface area (Å²) in [6, 6.07) is 8.99. The number of likely N-dealkylation sites (N-methyl/N-ethyl adjacent to an activating group) is 1. The van der Waals surface area contributed by atoms with Crippen LogP contribution in [0.5, 0.6) is 5.75 Å². The molecule has 108 valence electrons. The zero-order valence-electron chi connectivity index (χ0n) is 12.9. The third-order valence-corrected chi connectivity index (χ3v) is 4.18. The maximum absolute atomic E-state index is 6.40. The lowest BCUT2D eigenvalue weighted by atomic mass is 9.98. The van der Waals surface area contributed by atoms with Crippen LogP contribution in [0.1, 0.15) is 45.2 Å². The molecule has 2 atom stereocenters. The summed E-state index contributed by atoms with van der Waals surface area (Å²) in [7, 11) is 3.85. The van der Waals surface area contributed by atoms with Crippen LogP contribution in [-0.2, 0) is 0 Å². The van der Waals surface area contributed by atoms with Crippen molar-refractivity contribution in [1.29, 1.82) is 0 Å². The van der Waals surface area contributed by atoms with Gasteiger partial charge >= 0.3 is 0 Å². The topological polar surface area (TPSA) is 38.5 Å². The fourth-order valence-corrected chi connectivity index (χ4v) is 2.56. The number of ether oxygens (including phenoxy) is 1. The molecule has 19 heavy (non-hydrogen) atoms. The Bertz CT molecular complexity index is 360. The molecule has 0 amide bonds. The van der Waals surface area contributed by atoms with Gasteiger partial charge in [0.1, 0.15) is 5.75 Å². The number of hydrogen-bond donors (Lipinski definition) is 1. The van der Waals surface area contributed by atoms with Crippen molar-refractivity contribution in [3.8, 4) is 5.75 Å². The summed E-state index contributed by atoms with van der Waals surface area (Å²) >= 11 is 0. The maximum atomic E-state index is 6.40. The van der Waals surface area contributed by atoms with E-state index in [2.05, 4.69) is 44.9 Å². The molecule has 3 nitrogen and oxygen atoms in total. The van der Waals surface area contributed by atoms with E-state index in [1.807, 2.05) is 12.1 Å². The Morgan fingerprint density at radius 3 is 2.11 bits per heavy atom.